The number of para-hydroxylation sites is 1. The van der Waals surface area contributed by atoms with Crippen molar-refractivity contribution in [3.05, 3.63) is 102 Å². The van der Waals surface area contributed by atoms with Gasteiger partial charge in [-0.25, -0.2) is 4.98 Å². The molecule has 4 aromatic rings. The average molecular weight is 427 g/mol. The van der Waals surface area contributed by atoms with E-state index in [9.17, 15) is 4.79 Å². The van der Waals surface area contributed by atoms with E-state index in [0.29, 0.717) is 6.42 Å². The molecule has 4 heteroatoms. The van der Waals surface area contributed by atoms with Gasteiger partial charge in [-0.15, -0.1) is 0 Å². The number of pyridine rings is 1. The molecule has 0 aliphatic heterocycles. The highest BCUT2D eigenvalue weighted by Gasteiger charge is 2.19. The van der Waals surface area contributed by atoms with E-state index in [0.717, 1.165) is 44.6 Å². The van der Waals surface area contributed by atoms with Gasteiger partial charge in [0.25, 0.3) is 0 Å². The lowest BCUT2D eigenvalue weighted by molar-refractivity contribution is -0.121. The molecule has 3 aromatic carbocycles. The number of nitrogens with zero attached hydrogens (tertiary/aromatic N) is 1. The molecular weight excluding hydrogens is 400 g/mol. The fourth-order valence-corrected chi connectivity index (χ4v) is 4.53. The fourth-order valence-electron chi connectivity index (χ4n) is 3.93. The second-order valence-electron chi connectivity index (χ2n) is 7.61. The van der Waals surface area contributed by atoms with Gasteiger partial charge in [0.05, 0.1) is 23.7 Å². The van der Waals surface area contributed by atoms with Gasteiger partial charge >= 0.3 is 0 Å². The third-order valence-corrected chi connectivity index (χ3v) is 6.04. The van der Waals surface area contributed by atoms with Gasteiger partial charge in [-0.2, -0.15) is 11.8 Å². The van der Waals surface area contributed by atoms with Crippen LogP contribution in [-0.4, -0.2) is 17.1 Å². The molecule has 4 rings (SSSR count). The van der Waals surface area contributed by atoms with Crippen LogP contribution in [0.4, 0.5) is 0 Å². The Balaban J connectivity index is 1.75. The van der Waals surface area contributed by atoms with Gasteiger partial charge in [-0.05, 0) is 35.9 Å². The second kappa shape index (κ2) is 9.80. The summed E-state index contributed by atoms with van der Waals surface area (Å²) in [6, 6.07) is 28.4. The molecule has 0 saturated carbocycles. The molecule has 0 radical (unpaired) electrons. The lowest BCUT2D eigenvalue weighted by atomic mass is 9.95. The molecule has 0 saturated heterocycles. The van der Waals surface area contributed by atoms with Crippen molar-refractivity contribution in [2.75, 3.05) is 6.26 Å². The Morgan fingerprint density at radius 3 is 2.26 bits per heavy atom. The number of amides is 1. The topological polar surface area (TPSA) is 42.0 Å². The van der Waals surface area contributed by atoms with Crippen LogP contribution in [0.1, 0.15) is 29.7 Å². The number of fused-ring (bicyclic) bond motifs is 1. The summed E-state index contributed by atoms with van der Waals surface area (Å²) in [7, 11) is 0. The zero-order chi connectivity index (χ0) is 21.6. The van der Waals surface area contributed by atoms with Crippen molar-refractivity contribution in [2.45, 2.75) is 25.1 Å². The Bertz CT molecular complexity index is 1180. The summed E-state index contributed by atoms with van der Waals surface area (Å²) in [5.74, 6) is 0.827. The van der Waals surface area contributed by atoms with Gasteiger partial charge in [0, 0.05) is 16.7 Å². The first-order valence-corrected chi connectivity index (χ1v) is 11.9. The van der Waals surface area contributed by atoms with Crippen LogP contribution >= 0.6 is 11.8 Å². The highest BCUT2D eigenvalue weighted by Crippen LogP contribution is 2.33. The second-order valence-corrected chi connectivity index (χ2v) is 8.48. The normalized spacial score (nSPS) is 11.9. The molecule has 156 valence electrons. The van der Waals surface area contributed by atoms with E-state index in [1.54, 1.807) is 11.8 Å². The summed E-state index contributed by atoms with van der Waals surface area (Å²) in [6.07, 6.45) is 2.42. The third-order valence-electron chi connectivity index (χ3n) is 5.46. The van der Waals surface area contributed by atoms with Crippen molar-refractivity contribution >= 4 is 28.6 Å². The average Bonchev–Trinajstić information content (AvgIpc) is 2.81. The van der Waals surface area contributed by atoms with E-state index in [4.69, 9.17) is 4.98 Å². The standard InChI is InChI=1S/C27H26N2OS/c1-19(20-11-5-3-6-12-20)28-26(30)17-23-22-15-9-10-16-25(22)29-27(24(23)18-31-2)21-13-7-4-8-14-21/h3-16,19H,17-18H2,1-2H3,(H,28,30). The molecule has 1 unspecified atom stereocenters. The fraction of sp³-hybridized carbons (Fsp3) is 0.185. The van der Waals surface area contributed by atoms with E-state index in [2.05, 4.69) is 29.8 Å². The summed E-state index contributed by atoms with van der Waals surface area (Å²) in [5.41, 5.74) is 6.27. The lowest BCUT2D eigenvalue weighted by Gasteiger charge is -2.19. The predicted molar refractivity (Wildman–Crippen MR) is 131 cm³/mol. The molecule has 0 aliphatic carbocycles. The minimum Gasteiger partial charge on any atom is -0.349 e. The van der Waals surface area contributed by atoms with Crippen LogP contribution in [0.15, 0.2) is 84.9 Å². The number of benzene rings is 3. The van der Waals surface area contributed by atoms with Gasteiger partial charge in [0.15, 0.2) is 0 Å². The number of nitrogens with one attached hydrogen (secondary N) is 1. The first-order chi connectivity index (χ1) is 15.2. The van der Waals surface area contributed by atoms with E-state index in [1.165, 1.54) is 0 Å². The van der Waals surface area contributed by atoms with Gasteiger partial charge in [0.1, 0.15) is 0 Å². The molecule has 0 spiro atoms. The van der Waals surface area contributed by atoms with Crippen molar-refractivity contribution in [1.82, 2.24) is 10.3 Å². The number of rotatable bonds is 7. The lowest BCUT2D eigenvalue weighted by Crippen LogP contribution is -2.28. The molecule has 3 nitrogen and oxygen atoms in total. The minimum absolute atomic E-state index is 0.0223. The maximum atomic E-state index is 13.1. The SMILES string of the molecule is CSCc1c(-c2ccccc2)nc2ccccc2c1CC(=O)NC(C)c1ccccc1. The largest absolute Gasteiger partial charge is 0.349 e. The maximum absolute atomic E-state index is 13.1. The Kier molecular flexibility index (Phi) is 6.68. The number of carbonyl (C=O) groups excluding carboxylic acids is 1. The first-order valence-electron chi connectivity index (χ1n) is 10.5. The Morgan fingerprint density at radius 1 is 0.903 bits per heavy atom. The van der Waals surface area contributed by atoms with Crippen LogP contribution in [0.3, 0.4) is 0 Å². The van der Waals surface area contributed by atoms with Crippen LogP contribution in [0.25, 0.3) is 22.2 Å². The van der Waals surface area contributed by atoms with E-state index >= 15 is 0 Å². The molecule has 31 heavy (non-hydrogen) atoms. The first kappa shape index (κ1) is 21.1. The Labute approximate surface area is 187 Å². The van der Waals surface area contributed by atoms with Gasteiger partial charge < -0.3 is 5.32 Å². The van der Waals surface area contributed by atoms with Gasteiger partial charge in [-0.3, -0.25) is 4.79 Å². The smallest absolute Gasteiger partial charge is 0.224 e. The van der Waals surface area contributed by atoms with Crippen molar-refractivity contribution < 1.29 is 4.79 Å². The number of hydrogen-bond donors (Lipinski definition) is 1. The molecule has 1 heterocycles. The zero-order valence-electron chi connectivity index (χ0n) is 17.8. The van der Waals surface area contributed by atoms with Crippen molar-refractivity contribution in [1.29, 1.82) is 0 Å². The van der Waals surface area contributed by atoms with Crippen LogP contribution in [0.2, 0.25) is 0 Å². The van der Waals surface area contributed by atoms with Crippen LogP contribution < -0.4 is 5.32 Å². The summed E-state index contributed by atoms with van der Waals surface area (Å²) >= 11 is 1.75. The van der Waals surface area contributed by atoms with E-state index in [1.807, 2.05) is 73.7 Å². The summed E-state index contributed by atoms with van der Waals surface area (Å²) in [5, 5.41) is 4.22. The van der Waals surface area contributed by atoms with E-state index in [-0.39, 0.29) is 11.9 Å². The van der Waals surface area contributed by atoms with Crippen LogP contribution in [-0.2, 0) is 17.0 Å². The molecule has 1 aromatic heterocycles. The zero-order valence-corrected chi connectivity index (χ0v) is 18.7. The quantitative estimate of drug-likeness (QED) is 0.383. The number of thioether (sulfide) groups is 1. The van der Waals surface area contributed by atoms with Gasteiger partial charge in [0.2, 0.25) is 5.91 Å². The molecule has 1 atom stereocenters. The van der Waals surface area contributed by atoms with Crippen molar-refractivity contribution in [3.63, 3.8) is 0 Å². The Morgan fingerprint density at radius 2 is 1.55 bits per heavy atom. The highest BCUT2D eigenvalue weighted by molar-refractivity contribution is 7.97. The molecule has 0 aliphatic rings. The molecule has 1 amide bonds. The van der Waals surface area contributed by atoms with Crippen LogP contribution in [0, 0.1) is 0 Å². The molecule has 0 bridgehead atoms. The summed E-state index contributed by atoms with van der Waals surface area (Å²) < 4.78 is 0. The summed E-state index contributed by atoms with van der Waals surface area (Å²) in [4.78, 5) is 18.1. The minimum atomic E-state index is -0.0422. The number of carbonyl (C=O) groups is 1. The third kappa shape index (κ3) is 4.80. The monoisotopic (exact) mass is 426 g/mol. The predicted octanol–water partition coefficient (Wildman–Crippen LogP) is 6.18. The maximum Gasteiger partial charge on any atom is 0.224 e. The molecule has 0 fully saturated rings. The number of aromatic nitrogens is 1. The number of hydrogen-bond acceptors (Lipinski definition) is 3. The van der Waals surface area contributed by atoms with Crippen molar-refractivity contribution in [3.8, 4) is 11.3 Å². The Hall–Kier alpha value is -3.11. The van der Waals surface area contributed by atoms with Crippen LogP contribution in [0.5, 0.6) is 0 Å². The molecular formula is C27H26N2OS. The van der Waals surface area contributed by atoms with Crippen molar-refractivity contribution in [2.24, 2.45) is 0 Å². The van der Waals surface area contributed by atoms with Gasteiger partial charge in [-0.1, -0.05) is 78.9 Å². The van der Waals surface area contributed by atoms with E-state index < -0.39 is 0 Å². The molecule has 1 N–H and O–H groups in total. The highest BCUT2D eigenvalue weighted by atomic mass is 32.2. The summed E-state index contributed by atoms with van der Waals surface area (Å²) in [6.45, 7) is 2.02.